The minimum Gasteiger partial charge on any atom is -0.497 e. The first-order valence-corrected chi connectivity index (χ1v) is 12.6. The summed E-state index contributed by atoms with van der Waals surface area (Å²) in [6, 6.07) is 12.5. The number of fused-ring (bicyclic) bond motifs is 3. The van der Waals surface area contributed by atoms with Crippen LogP contribution in [0.1, 0.15) is 29.9 Å². The lowest BCUT2D eigenvalue weighted by molar-refractivity contribution is -0.142. The van der Waals surface area contributed by atoms with Gasteiger partial charge in [-0.15, -0.1) is 0 Å². The number of amides is 1. The fourth-order valence-electron chi connectivity index (χ4n) is 4.39. The highest BCUT2D eigenvalue weighted by Crippen LogP contribution is 2.47. The van der Waals surface area contributed by atoms with Gasteiger partial charge < -0.3 is 24.6 Å². The Morgan fingerprint density at radius 2 is 1.97 bits per heavy atom. The number of hydrogen-bond acceptors (Lipinski definition) is 7. The van der Waals surface area contributed by atoms with Crippen molar-refractivity contribution in [1.29, 1.82) is 0 Å². The fraction of sp³-hybridized carbons (Fsp3) is 0.435. The van der Waals surface area contributed by atoms with E-state index in [0.29, 0.717) is 24.4 Å². The van der Waals surface area contributed by atoms with Crippen LogP contribution < -0.4 is 19.5 Å². The van der Waals surface area contributed by atoms with Crippen molar-refractivity contribution >= 4 is 21.6 Å². The molecule has 2 aromatic rings. The number of sulfonamides is 1. The quantitative estimate of drug-likeness (QED) is 0.531. The number of anilines is 1. The van der Waals surface area contributed by atoms with Gasteiger partial charge in [-0.2, -0.15) is 0 Å². The van der Waals surface area contributed by atoms with E-state index in [1.54, 1.807) is 25.3 Å². The second kappa shape index (κ2) is 9.58. The Bertz CT molecular complexity index is 1100. The third-order valence-electron chi connectivity index (χ3n) is 5.86. The zero-order chi connectivity index (χ0) is 23.6. The van der Waals surface area contributed by atoms with E-state index in [-0.39, 0.29) is 24.9 Å². The Morgan fingerprint density at radius 3 is 2.64 bits per heavy atom. The molecule has 2 aliphatic rings. The highest BCUT2D eigenvalue weighted by Gasteiger charge is 2.46. The van der Waals surface area contributed by atoms with Crippen molar-refractivity contribution in [2.24, 2.45) is 0 Å². The Hall–Kier alpha value is -2.82. The first-order chi connectivity index (χ1) is 15.8. The first kappa shape index (κ1) is 23.3. The maximum Gasteiger partial charge on any atom is 0.229 e. The van der Waals surface area contributed by atoms with Gasteiger partial charge in [-0.1, -0.05) is 12.1 Å². The van der Waals surface area contributed by atoms with E-state index in [1.807, 2.05) is 24.3 Å². The Kier molecular flexibility index (Phi) is 6.78. The van der Waals surface area contributed by atoms with Crippen molar-refractivity contribution < 1.29 is 32.5 Å². The summed E-state index contributed by atoms with van der Waals surface area (Å²) < 4.78 is 42.8. The molecule has 33 heavy (non-hydrogen) atoms. The van der Waals surface area contributed by atoms with Crippen molar-refractivity contribution in [3.8, 4) is 11.5 Å². The van der Waals surface area contributed by atoms with Gasteiger partial charge in [0.25, 0.3) is 0 Å². The van der Waals surface area contributed by atoms with Gasteiger partial charge in [0.2, 0.25) is 15.9 Å². The predicted octanol–water partition coefficient (Wildman–Crippen LogP) is 1.77. The van der Waals surface area contributed by atoms with Gasteiger partial charge in [0.1, 0.15) is 23.7 Å². The molecule has 178 valence electrons. The Labute approximate surface area is 193 Å². The van der Waals surface area contributed by atoms with Crippen LogP contribution in [0.2, 0.25) is 0 Å². The molecule has 1 amide bonds. The van der Waals surface area contributed by atoms with Crippen molar-refractivity contribution in [1.82, 2.24) is 5.32 Å². The van der Waals surface area contributed by atoms with Crippen LogP contribution in [0.15, 0.2) is 42.5 Å². The predicted molar refractivity (Wildman–Crippen MR) is 122 cm³/mol. The molecule has 4 atom stereocenters. The molecule has 0 radical (unpaired) electrons. The number of hydrogen-bond donors (Lipinski definition) is 3. The normalized spacial score (nSPS) is 23.7. The number of methoxy groups -OCH3 is 1. The topological polar surface area (TPSA) is 123 Å². The van der Waals surface area contributed by atoms with Gasteiger partial charge in [0, 0.05) is 23.7 Å². The molecule has 0 aliphatic carbocycles. The molecule has 1 fully saturated rings. The molecule has 0 unspecified atom stereocenters. The minimum absolute atomic E-state index is 0.119. The fourth-order valence-corrected chi connectivity index (χ4v) is 4.94. The third kappa shape index (κ3) is 5.58. The summed E-state index contributed by atoms with van der Waals surface area (Å²) in [7, 11) is -1.82. The summed E-state index contributed by atoms with van der Waals surface area (Å²) in [6.07, 6.45) is 0.384. The number of nitrogens with one attached hydrogen (secondary N) is 2. The molecule has 2 heterocycles. The van der Waals surface area contributed by atoms with Crippen LogP contribution in [0.5, 0.6) is 11.5 Å². The molecule has 0 saturated carbocycles. The maximum absolute atomic E-state index is 12.6. The van der Waals surface area contributed by atoms with Gasteiger partial charge >= 0.3 is 0 Å². The Balaban J connectivity index is 1.41. The lowest BCUT2D eigenvalue weighted by Crippen LogP contribution is -2.47. The van der Waals surface area contributed by atoms with Crippen LogP contribution in [0, 0.1) is 0 Å². The number of aliphatic hydroxyl groups excluding tert-OH is 1. The molecule has 4 rings (SSSR count). The number of benzene rings is 2. The van der Waals surface area contributed by atoms with Gasteiger partial charge in [0.15, 0.2) is 0 Å². The first-order valence-electron chi connectivity index (χ1n) is 10.7. The third-order valence-corrected chi connectivity index (χ3v) is 6.47. The summed E-state index contributed by atoms with van der Waals surface area (Å²) in [5.74, 6) is 1.11. The largest absolute Gasteiger partial charge is 0.497 e. The molecule has 1 saturated heterocycles. The molecule has 2 aliphatic heterocycles. The van der Waals surface area contributed by atoms with E-state index in [2.05, 4.69) is 10.0 Å². The van der Waals surface area contributed by atoms with E-state index in [9.17, 15) is 18.3 Å². The number of aliphatic hydroxyl groups is 1. The average Bonchev–Trinajstić information content (AvgIpc) is 3.14. The summed E-state index contributed by atoms with van der Waals surface area (Å²) in [5, 5.41) is 12.8. The van der Waals surface area contributed by atoms with Gasteiger partial charge in [0.05, 0.1) is 32.5 Å². The van der Waals surface area contributed by atoms with E-state index in [0.717, 1.165) is 23.1 Å². The summed E-state index contributed by atoms with van der Waals surface area (Å²) in [4.78, 5) is 12.6. The highest BCUT2D eigenvalue weighted by molar-refractivity contribution is 7.92. The number of carbonyl (C=O) groups excluding carboxylic acids is 1. The number of carbonyl (C=O) groups is 1. The average molecular weight is 477 g/mol. The molecule has 0 bridgehead atoms. The molecule has 9 nitrogen and oxygen atoms in total. The summed E-state index contributed by atoms with van der Waals surface area (Å²) >= 11 is 0. The molecule has 0 spiro atoms. The van der Waals surface area contributed by atoms with E-state index in [4.69, 9.17) is 14.2 Å². The van der Waals surface area contributed by atoms with Crippen LogP contribution in [0.3, 0.4) is 0 Å². The minimum atomic E-state index is -3.41. The molecule has 2 aromatic carbocycles. The highest BCUT2D eigenvalue weighted by atomic mass is 32.2. The van der Waals surface area contributed by atoms with Crippen LogP contribution in [0.25, 0.3) is 0 Å². The second-order valence-electron chi connectivity index (χ2n) is 8.36. The molecule has 3 N–H and O–H groups in total. The van der Waals surface area contributed by atoms with Gasteiger partial charge in [-0.25, -0.2) is 8.42 Å². The molecule has 0 aromatic heterocycles. The van der Waals surface area contributed by atoms with Crippen molar-refractivity contribution in [2.75, 3.05) is 24.7 Å². The summed E-state index contributed by atoms with van der Waals surface area (Å²) in [5.41, 5.74) is 2.24. The summed E-state index contributed by atoms with van der Waals surface area (Å²) in [6.45, 7) is 0.144. The van der Waals surface area contributed by atoms with Crippen molar-refractivity contribution in [2.45, 2.75) is 43.6 Å². The smallest absolute Gasteiger partial charge is 0.229 e. The van der Waals surface area contributed by atoms with Crippen LogP contribution in [0.4, 0.5) is 5.69 Å². The SMILES string of the molecule is COc1ccc(CNC(=O)C[C@H]2C[C@@H]3c4cc(NS(C)(=O)=O)ccc4O[C@@H]3[C@H](CO)O2)cc1. The van der Waals surface area contributed by atoms with Crippen LogP contribution in [-0.4, -0.2) is 57.7 Å². The molecular weight excluding hydrogens is 448 g/mol. The van der Waals surface area contributed by atoms with Crippen molar-refractivity contribution in [3.63, 3.8) is 0 Å². The number of ether oxygens (including phenoxy) is 3. The zero-order valence-electron chi connectivity index (χ0n) is 18.5. The van der Waals surface area contributed by atoms with E-state index in [1.165, 1.54) is 0 Å². The molecular formula is C23H28N2O7S. The van der Waals surface area contributed by atoms with E-state index < -0.39 is 28.3 Å². The molecule has 10 heteroatoms. The van der Waals surface area contributed by atoms with Crippen molar-refractivity contribution in [3.05, 3.63) is 53.6 Å². The second-order valence-corrected chi connectivity index (χ2v) is 10.1. The van der Waals surface area contributed by atoms with Crippen LogP contribution >= 0.6 is 0 Å². The zero-order valence-corrected chi connectivity index (χ0v) is 19.3. The monoisotopic (exact) mass is 476 g/mol. The lowest BCUT2D eigenvalue weighted by Gasteiger charge is -2.37. The Morgan fingerprint density at radius 1 is 1.21 bits per heavy atom. The lowest BCUT2D eigenvalue weighted by atomic mass is 9.84. The van der Waals surface area contributed by atoms with Gasteiger partial charge in [-0.3, -0.25) is 9.52 Å². The number of rotatable bonds is 8. The van der Waals surface area contributed by atoms with Crippen LogP contribution in [-0.2, 0) is 26.1 Å². The van der Waals surface area contributed by atoms with Gasteiger partial charge in [-0.05, 0) is 42.3 Å². The maximum atomic E-state index is 12.6. The van der Waals surface area contributed by atoms with E-state index >= 15 is 0 Å². The standard InChI is InChI=1S/C23H28N2O7S/c1-30-16-6-3-14(4-7-16)12-24-22(27)11-17-10-19-18-9-15(25-33(2,28)29)5-8-20(18)32-23(19)21(13-26)31-17/h3-9,17,19,21,23,25-26H,10-13H2,1-2H3,(H,24,27)/t17-,19-,21+,23+/m1/s1.